The fourth-order valence-corrected chi connectivity index (χ4v) is 4.42. The maximum atomic E-state index is 13.6. The molecule has 0 saturated carbocycles. The summed E-state index contributed by atoms with van der Waals surface area (Å²) in [7, 11) is 1.46. The Balaban J connectivity index is 1.46. The molecule has 2 N–H and O–H groups in total. The summed E-state index contributed by atoms with van der Waals surface area (Å²) in [5.74, 6) is -0.142. The van der Waals surface area contributed by atoms with Gasteiger partial charge in [0.25, 0.3) is 0 Å². The Bertz CT molecular complexity index is 1150. The number of aromatic carboxylic acids is 1. The van der Waals surface area contributed by atoms with E-state index in [0.29, 0.717) is 18.7 Å². The van der Waals surface area contributed by atoms with Crippen molar-refractivity contribution in [2.45, 2.75) is 31.8 Å². The van der Waals surface area contributed by atoms with Gasteiger partial charge in [-0.3, -0.25) is 0 Å². The highest BCUT2D eigenvalue weighted by molar-refractivity contribution is 5.88. The third-order valence-corrected chi connectivity index (χ3v) is 6.17. The topological polar surface area (TPSA) is 67.8 Å². The standard InChI is InChI=1S/C27H28FNO4/c1-17-7-9-19(27(30)31)14-22(17)23-15-20(33-25-6-4-3-5-21(23)25)16-29-12-11-18-8-10-24(28)26(13-18)32-2/h3-10,13-14,20,23,29H,11-12,15-16H2,1-2H3,(H,30,31)/t20-,23-/m1/s1. The second-order valence-electron chi connectivity index (χ2n) is 8.37. The van der Waals surface area contributed by atoms with E-state index in [1.165, 1.54) is 13.2 Å². The minimum atomic E-state index is -0.924. The molecule has 33 heavy (non-hydrogen) atoms. The minimum Gasteiger partial charge on any atom is -0.494 e. The highest BCUT2D eigenvalue weighted by Crippen LogP contribution is 2.41. The summed E-state index contributed by atoms with van der Waals surface area (Å²) < 4.78 is 24.9. The molecule has 0 bridgehead atoms. The Morgan fingerprint density at radius 3 is 2.76 bits per heavy atom. The highest BCUT2D eigenvalue weighted by atomic mass is 19.1. The van der Waals surface area contributed by atoms with Crippen molar-refractivity contribution >= 4 is 5.97 Å². The molecule has 1 aliphatic rings. The van der Waals surface area contributed by atoms with Gasteiger partial charge in [-0.05, 0) is 73.3 Å². The summed E-state index contributed by atoms with van der Waals surface area (Å²) in [6, 6.07) is 18.2. The maximum absolute atomic E-state index is 13.6. The van der Waals surface area contributed by atoms with Gasteiger partial charge in [-0.2, -0.15) is 0 Å². The van der Waals surface area contributed by atoms with Gasteiger partial charge in [0.15, 0.2) is 11.6 Å². The summed E-state index contributed by atoms with van der Waals surface area (Å²) >= 11 is 0. The summed E-state index contributed by atoms with van der Waals surface area (Å²) in [6.45, 7) is 3.39. The van der Waals surface area contributed by atoms with E-state index in [9.17, 15) is 14.3 Å². The first-order chi connectivity index (χ1) is 16.0. The Labute approximate surface area is 193 Å². The van der Waals surface area contributed by atoms with Gasteiger partial charge in [0.05, 0.1) is 12.7 Å². The predicted octanol–water partition coefficient (Wildman–Crippen LogP) is 4.96. The number of methoxy groups -OCH3 is 1. The van der Waals surface area contributed by atoms with Gasteiger partial charge in [-0.15, -0.1) is 0 Å². The van der Waals surface area contributed by atoms with Gasteiger partial charge in [0.2, 0.25) is 0 Å². The average molecular weight is 450 g/mol. The molecule has 0 unspecified atom stereocenters. The average Bonchev–Trinajstić information content (AvgIpc) is 2.82. The number of carboxylic acid groups (broad SMARTS) is 1. The normalized spacial score (nSPS) is 17.2. The van der Waals surface area contributed by atoms with E-state index in [1.807, 2.05) is 31.2 Å². The molecule has 2 atom stereocenters. The molecule has 0 aliphatic carbocycles. The number of halogens is 1. The molecule has 172 valence electrons. The van der Waals surface area contributed by atoms with Crippen LogP contribution in [0, 0.1) is 12.7 Å². The van der Waals surface area contributed by atoms with Crippen molar-refractivity contribution in [3.63, 3.8) is 0 Å². The third kappa shape index (κ3) is 5.17. The maximum Gasteiger partial charge on any atom is 0.335 e. The van der Waals surface area contributed by atoms with Crippen LogP contribution in [0.4, 0.5) is 4.39 Å². The second kappa shape index (κ2) is 10.0. The molecule has 5 nitrogen and oxygen atoms in total. The van der Waals surface area contributed by atoms with Crippen molar-refractivity contribution in [1.82, 2.24) is 5.32 Å². The molecular weight excluding hydrogens is 421 g/mol. The number of aryl methyl sites for hydroxylation is 1. The number of carboxylic acids is 1. The molecule has 3 aromatic rings. The fourth-order valence-electron chi connectivity index (χ4n) is 4.42. The number of para-hydroxylation sites is 1. The van der Waals surface area contributed by atoms with Crippen LogP contribution in [0.3, 0.4) is 0 Å². The van der Waals surface area contributed by atoms with E-state index < -0.39 is 5.97 Å². The van der Waals surface area contributed by atoms with Crippen LogP contribution in [0.25, 0.3) is 0 Å². The van der Waals surface area contributed by atoms with Crippen LogP contribution in [0.1, 0.15) is 45.0 Å². The van der Waals surface area contributed by atoms with Crippen LogP contribution in [-0.4, -0.2) is 37.4 Å². The van der Waals surface area contributed by atoms with Crippen molar-refractivity contribution in [3.05, 3.63) is 94.3 Å². The summed E-state index contributed by atoms with van der Waals surface area (Å²) in [6.07, 6.45) is 1.43. The molecular formula is C27H28FNO4. The number of benzene rings is 3. The molecule has 0 spiro atoms. The van der Waals surface area contributed by atoms with Crippen LogP contribution in [0.2, 0.25) is 0 Å². The molecule has 6 heteroatoms. The van der Waals surface area contributed by atoms with Crippen LogP contribution < -0.4 is 14.8 Å². The van der Waals surface area contributed by atoms with Gasteiger partial charge >= 0.3 is 5.97 Å². The fraction of sp³-hybridized carbons (Fsp3) is 0.296. The highest BCUT2D eigenvalue weighted by Gasteiger charge is 2.30. The van der Waals surface area contributed by atoms with Crippen molar-refractivity contribution < 1.29 is 23.8 Å². The van der Waals surface area contributed by atoms with Crippen molar-refractivity contribution in [3.8, 4) is 11.5 Å². The Morgan fingerprint density at radius 2 is 1.97 bits per heavy atom. The smallest absolute Gasteiger partial charge is 0.335 e. The van der Waals surface area contributed by atoms with Crippen LogP contribution in [0.15, 0.2) is 60.7 Å². The van der Waals surface area contributed by atoms with Crippen molar-refractivity contribution in [2.75, 3.05) is 20.2 Å². The number of carbonyl (C=O) groups is 1. The molecule has 4 rings (SSSR count). The van der Waals surface area contributed by atoms with E-state index in [4.69, 9.17) is 9.47 Å². The SMILES string of the molecule is COc1cc(CCNC[C@H]2C[C@@H](c3cc(C(=O)O)ccc3C)c3ccccc3O2)ccc1F. The van der Waals surface area contributed by atoms with E-state index in [0.717, 1.165) is 40.8 Å². The lowest BCUT2D eigenvalue weighted by atomic mass is 9.81. The number of rotatable bonds is 8. The summed E-state index contributed by atoms with van der Waals surface area (Å²) in [5.41, 5.74) is 4.46. The largest absolute Gasteiger partial charge is 0.494 e. The number of hydrogen-bond donors (Lipinski definition) is 2. The zero-order chi connectivity index (χ0) is 23.4. The zero-order valence-corrected chi connectivity index (χ0v) is 18.8. The predicted molar refractivity (Wildman–Crippen MR) is 125 cm³/mol. The summed E-state index contributed by atoms with van der Waals surface area (Å²) in [5, 5.41) is 12.9. The van der Waals surface area contributed by atoms with Gasteiger partial charge in [0.1, 0.15) is 11.9 Å². The molecule has 0 fully saturated rings. The molecule has 0 amide bonds. The molecule has 0 aromatic heterocycles. The van der Waals surface area contributed by atoms with E-state index in [1.54, 1.807) is 24.3 Å². The number of ether oxygens (including phenoxy) is 2. The van der Waals surface area contributed by atoms with E-state index in [-0.39, 0.29) is 23.6 Å². The molecule has 3 aromatic carbocycles. The number of hydrogen-bond acceptors (Lipinski definition) is 4. The van der Waals surface area contributed by atoms with E-state index >= 15 is 0 Å². The Hall–Kier alpha value is -3.38. The quantitative estimate of drug-likeness (QED) is 0.476. The monoisotopic (exact) mass is 449 g/mol. The lowest BCUT2D eigenvalue weighted by Crippen LogP contribution is -2.36. The van der Waals surface area contributed by atoms with Crippen LogP contribution in [0.5, 0.6) is 11.5 Å². The number of nitrogens with one attached hydrogen (secondary N) is 1. The first-order valence-corrected chi connectivity index (χ1v) is 11.1. The zero-order valence-electron chi connectivity index (χ0n) is 18.8. The van der Waals surface area contributed by atoms with Gasteiger partial charge in [-0.1, -0.05) is 30.3 Å². The Morgan fingerprint density at radius 1 is 1.15 bits per heavy atom. The van der Waals surface area contributed by atoms with Crippen LogP contribution in [-0.2, 0) is 6.42 Å². The van der Waals surface area contributed by atoms with Crippen molar-refractivity contribution in [2.24, 2.45) is 0 Å². The first-order valence-electron chi connectivity index (χ1n) is 11.1. The van der Waals surface area contributed by atoms with Gasteiger partial charge in [0, 0.05) is 18.0 Å². The molecule has 1 heterocycles. The van der Waals surface area contributed by atoms with Gasteiger partial charge < -0.3 is 19.9 Å². The third-order valence-electron chi connectivity index (χ3n) is 6.17. The van der Waals surface area contributed by atoms with Crippen molar-refractivity contribution in [1.29, 1.82) is 0 Å². The first kappa shape index (κ1) is 22.8. The molecule has 0 radical (unpaired) electrons. The second-order valence-corrected chi connectivity index (χ2v) is 8.37. The molecule has 0 saturated heterocycles. The van der Waals surface area contributed by atoms with E-state index in [2.05, 4.69) is 11.4 Å². The minimum absolute atomic E-state index is 0.0551. The molecule has 1 aliphatic heterocycles. The lowest BCUT2D eigenvalue weighted by molar-refractivity contribution is 0.0696. The Kier molecular flexibility index (Phi) is 6.94. The van der Waals surface area contributed by atoms with Gasteiger partial charge in [-0.25, -0.2) is 9.18 Å². The lowest BCUT2D eigenvalue weighted by Gasteiger charge is -2.33. The summed E-state index contributed by atoms with van der Waals surface area (Å²) in [4.78, 5) is 11.5. The van der Waals surface area contributed by atoms with Crippen LogP contribution >= 0.6 is 0 Å². The number of fused-ring (bicyclic) bond motifs is 1.